The lowest BCUT2D eigenvalue weighted by molar-refractivity contribution is -0.121. The molecular formula is C15H16BrNO2. The molecule has 1 atom stereocenters. The van der Waals surface area contributed by atoms with Crippen molar-refractivity contribution in [3.8, 4) is 0 Å². The van der Waals surface area contributed by atoms with Gasteiger partial charge in [0, 0.05) is 19.4 Å². The minimum Gasteiger partial charge on any atom is -0.469 e. The molecule has 0 aliphatic carbocycles. The Labute approximate surface area is 121 Å². The highest BCUT2D eigenvalue weighted by Gasteiger charge is 2.09. The first-order valence-corrected chi connectivity index (χ1v) is 7.15. The molecule has 1 aromatic heterocycles. The number of alkyl halides is 1. The summed E-state index contributed by atoms with van der Waals surface area (Å²) in [6.07, 6.45) is 2.70. The van der Waals surface area contributed by atoms with Gasteiger partial charge < -0.3 is 9.73 Å². The molecule has 100 valence electrons. The lowest BCUT2D eigenvalue weighted by atomic mass is 10.1. The van der Waals surface area contributed by atoms with E-state index in [-0.39, 0.29) is 10.7 Å². The van der Waals surface area contributed by atoms with E-state index in [2.05, 4.69) is 21.2 Å². The minimum atomic E-state index is 0.0387. The highest BCUT2D eigenvalue weighted by Crippen LogP contribution is 2.20. The number of carbonyl (C=O) groups excluding carboxylic acids is 1. The molecule has 1 heterocycles. The van der Waals surface area contributed by atoms with Gasteiger partial charge in [0.05, 0.1) is 11.1 Å². The topological polar surface area (TPSA) is 42.2 Å². The van der Waals surface area contributed by atoms with Crippen molar-refractivity contribution in [2.24, 2.45) is 0 Å². The summed E-state index contributed by atoms with van der Waals surface area (Å²) >= 11 is 3.57. The van der Waals surface area contributed by atoms with Crippen molar-refractivity contribution in [1.82, 2.24) is 5.32 Å². The molecule has 2 aromatic rings. The van der Waals surface area contributed by atoms with E-state index in [1.807, 2.05) is 42.5 Å². The molecule has 1 amide bonds. The zero-order chi connectivity index (χ0) is 13.5. The van der Waals surface area contributed by atoms with Crippen molar-refractivity contribution < 1.29 is 9.21 Å². The van der Waals surface area contributed by atoms with Gasteiger partial charge in [-0.05, 0) is 17.7 Å². The summed E-state index contributed by atoms with van der Waals surface area (Å²) in [6.45, 7) is 0.584. The van der Waals surface area contributed by atoms with Crippen LogP contribution in [-0.4, -0.2) is 12.5 Å². The van der Waals surface area contributed by atoms with E-state index < -0.39 is 0 Å². The van der Waals surface area contributed by atoms with Crippen LogP contribution in [0.25, 0.3) is 0 Å². The first kappa shape index (κ1) is 13.9. The summed E-state index contributed by atoms with van der Waals surface area (Å²) in [5.74, 6) is 0.880. The van der Waals surface area contributed by atoms with E-state index >= 15 is 0 Å². The van der Waals surface area contributed by atoms with Gasteiger partial charge in [-0.1, -0.05) is 46.3 Å². The number of nitrogens with one attached hydrogen (secondary N) is 1. The van der Waals surface area contributed by atoms with Gasteiger partial charge in [0.15, 0.2) is 0 Å². The first-order chi connectivity index (χ1) is 9.25. The normalized spacial score (nSPS) is 12.1. The van der Waals surface area contributed by atoms with Gasteiger partial charge in [0.1, 0.15) is 5.76 Å². The Kier molecular flexibility index (Phi) is 5.21. The van der Waals surface area contributed by atoms with E-state index in [4.69, 9.17) is 4.42 Å². The van der Waals surface area contributed by atoms with Crippen LogP contribution in [0.5, 0.6) is 0 Å². The van der Waals surface area contributed by atoms with Gasteiger partial charge in [0.25, 0.3) is 0 Å². The van der Waals surface area contributed by atoms with E-state index in [1.165, 1.54) is 0 Å². The Morgan fingerprint density at radius 1 is 1.21 bits per heavy atom. The zero-order valence-electron chi connectivity index (χ0n) is 10.5. The molecule has 0 aliphatic rings. The molecule has 1 aromatic carbocycles. The highest BCUT2D eigenvalue weighted by atomic mass is 79.9. The van der Waals surface area contributed by atoms with Crippen molar-refractivity contribution >= 4 is 21.8 Å². The highest BCUT2D eigenvalue weighted by molar-refractivity contribution is 9.09. The fraction of sp³-hybridized carbons (Fsp3) is 0.267. The minimum absolute atomic E-state index is 0.0387. The van der Waals surface area contributed by atoms with Gasteiger partial charge >= 0.3 is 0 Å². The standard InChI is InChI=1S/C15H16BrNO2/c16-14(12-5-2-1-3-6-12)11-17-15(18)9-8-13-7-4-10-19-13/h1-7,10,14H,8-9,11H2,(H,17,18). The van der Waals surface area contributed by atoms with E-state index in [0.717, 1.165) is 11.3 Å². The number of benzene rings is 1. The molecule has 3 nitrogen and oxygen atoms in total. The van der Waals surface area contributed by atoms with Gasteiger partial charge in [-0.2, -0.15) is 0 Å². The van der Waals surface area contributed by atoms with Crippen molar-refractivity contribution in [3.05, 3.63) is 60.1 Å². The lowest BCUT2D eigenvalue weighted by Crippen LogP contribution is -2.26. The maximum absolute atomic E-state index is 11.7. The third-order valence-electron chi connectivity index (χ3n) is 2.82. The number of halogens is 1. The van der Waals surface area contributed by atoms with E-state index in [9.17, 15) is 4.79 Å². The second-order valence-electron chi connectivity index (χ2n) is 4.26. The number of furan rings is 1. The van der Waals surface area contributed by atoms with Crippen LogP contribution >= 0.6 is 15.9 Å². The molecule has 2 rings (SSSR count). The van der Waals surface area contributed by atoms with Crippen molar-refractivity contribution in [1.29, 1.82) is 0 Å². The molecule has 19 heavy (non-hydrogen) atoms. The monoisotopic (exact) mass is 321 g/mol. The summed E-state index contributed by atoms with van der Waals surface area (Å²) in [6, 6.07) is 13.7. The maximum Gasteiger partial charge on any atom is 0.220 e. The quantitative estimate of drug-likeness (QED) is 0.828. The molecule has 0 spiro atoms. The predicted octanol–water partition coefficient (Wildman–Crippen LogP) is 3.46. The van der Waals surface area contributed by atoms with Crippen LogP contribution in [0.15, 0.2) is 53.1 Å². The largest absolute Gasteiger partial charge is 0.469 e. The molecule has 0 radical (unpaired) electrons. The van der Waals surface area contributed by atoms with Gasteiger partial charge in [-0.15, -0.1) is 0 Å². The van der Waals surface area contributed by atoms with Crippen LogP contribution in [-0.2, 0) is 11.2 Å². The molecule has 1 unspecified atom stereocenters. The smallest absolute Gasteiger partial charge is 0.220 e. The van der Waals surface area contributed by atoms with Crippen LogP contribution in [0, 0.1) is 0 Å². The fourth-order valence-electron chi connectivity index (χ4n) is 1.76. The molecule has 0 saturated carbocycles. The van der Waals surface area contributed by atoms with Crippen LogP contribution < -0.4 is 5.32 Å². The molecule has 0 bridgehead atoms. The van der Waals surface area contributed by atoms with Crippen molar-refractivity contribution in [3.63, 3.8) is 0 Å². The maximum atomic E-state index is 11.7. The average Bonchev–Trinajstić information content (AvgIpc) is 2.96. The number of amides is 1. The first-order valence-electron chi connectivity index (χ1n) is 6.24. The summed E-state index contributed by atoms with van der Waals surface area (Å²) in [5.41, 5.74) is 1.16. The summed E-state index contributed by atoms with van der Waals surface area (Å²) < 4.78 is 5.19. The van der Waals surface area contributed by atoms with Gasteiger partial charge in [0.2, 0.25) is 5.91 Å². The third-order valence-corrected chi connectivity index (χ3v) is 3.67. The number of aryl methyl sites for hydroxylation is 1. The lowest BCUT2D eigenvalue weighted by Gasteiger charge is -2.11. The van der Waals surface area contributed by atoms with Gasteiger partial charge in [-0.25, -0.2) is 0 Å². The van der Waals surface area contributed by atoms with Crippen molar-refractivity contribution in [2.45, 2.75) is 17.7 Å². The molecule has 0 aliphatic heterocycles. The molecule has 0 saturated heterocycles. The predicted molar refractivity (Wildman–Crippen MR) is 78.1 cm³/mol. The third kappa shape index (κ3) is 4.56. The Bertz CT molecular complexity index is 496. The van der Waals surface area contributed by atoms with E-state index in [1.54, 1.807) is 6.26 Å². The van der Waals surface area contributed by atoms with Crippen LogP contribution in [0.4, 0.5) is 0 Å². The Morgan fingerprint density at radius 3 is 2.68 bits per heavy atom. The van der Waals surface area contributed by atoms with Gasteiger partial charge in [-0.3, -0.25) is 4.79 Å². The SMILES string of the molecule is O=C(CCc1ccco1)NCC(Br)c1ccccc1. The van der Waals surface area contributed by atoms with Crippen LogP contribution in [0.1, 0.15) is 22.6 Å². The number of hydrogen-bond donors (Lipinski definition) is 1. The van der Waals surface area contributed by atoms with Crippen molar-refractivity contribution in [2.75, 3.05) is 6.54 Å². The molecule has 0 fully saturated rings. The van der Waals surface area contributed by atoms with Crippen LogP contribution in [0.3, 0.4) is 0 Å². The fourth-order valence-corrected chi connectivity index (χ4v) is 2.23. The summed E-state index contributed by atoms with van der Waals surface area (Å²) in [5, 5.41) is 2.92. The Balaban J connectivity index is 1.71. The van der Waals surface area contributed by atoms with Crippen LogP contribution in [0.2, 0.25) is 0 Å². The number of rotatable bonds is 6. The Morgan fingerprint density at radius 2 is 2.00 bits per heavy atom. The summed E-state index contributed by atoms with van der Waals surface area (Å²) in [7, 11) is 0. The number of hydrogen-bond acceptors (Lipinski definition) is 2. The number of carbonyl (C=O) groups is 1. The second kappa shape index (κ2) is 7.14. The van der Waals surface area contributed by atoms with E-state index in [0.29, 0.717) is 19.4 Å². The molecule has 1 N–H and O–H groups in total. The summed E-state index contributed by atoms with van der Waals surface area (Å²) in [4.78, 5) is 11.8. The Hall–Kier alpha value is -1.55. The average molecular weight is 322 g/mol. The second-order valence-corrected chi connectivity index (χ2v) is 5.37. The molecular weight excluding hydrogens is 306 g/mol. The molecule has 4 heteroatoms. The zero-order valence-corrected chi connectivity index (χ0v) is 12.1.